The molecule has 0 bridgehead atoms. The molecule has 2 aromatic carbocycles. The smallest absolute Gasteiger partial charge is 0.352 e. The highest BCUT2D eigenvalue weighted by molar-refractivity contribution is 5.95. The minimum atomic E-state index is -5.11. The molecule has 0 aliphatic carbocycles. The van der Waals surface area contributed by atoms with Crippen LogP contribution in [0.25, 0.3) is 10.9 Å². The number of carbonyl (C=O) groups is 2. The van der Waals surface area contributed by atoms with Crippen molar-refractivity contribution < 1.29 is 35.9 Å². The quantitative estimate of drug-likeness (QED) is 0.183. The van der Waals surface area contributed by atoms with E-state index in [9.17, 15) is 35.9 Å². The molecule has 0 aliphatic heterocycles. The number of hydrogen-bond acceptors (Lipinski definition) is 3. The molecule has 12 heteroatoms. The summed E-state index contributed by atoms with van der Waals surface area (Å²) in [6.07, 6.45) is -3.55. The van der Waals surface area contributed by atoms with Gasteiger partial charge in [0.25, 0.3) is 5.91 Å². The molecule has 0 spiro atoms. The van der Waals surface area contributed by atoms with E-state index >= 15 is 0 Å². The molecule has 43 heavy (non-hydrogen) atoms. The van der Waals surface area contributed by atoms with Gasteiger partial charge in [0.05, 0.1) is 17.2 Å². The molecule has 2 amide bonds. The summed E-state index contributed by atoms with van der Waals surface area (Å²) in [5.74, 6) is -1.56. The van der Waals surface area contributed by atoms with Crippen LogP contribution in [-0.2, 0) is 37.0 Å². The van der Waals surface area contributed by atoms with Crippen molar-refractivity contribution in [3.63, 3.8) is 0 Å². The first-order valence-corrected chi connectivity index (χ1v) is 13.2. The van der Waals surface area contributed by atoms with Gasteiger partial charge in [0.2, 0.25) is 5.91 Å². The minimum Gasteiger partial charge on any atom is -0.352 e. The number of nitrogens with one attached hydrogen (secondary N) is 1. The molecular formula is C31H28F6N4O2. The van der Waals surface area contributed by atoms with Crippen LogP contribution in [0.1, 0.15) is 32.7 Å². The minimum absolute atomic E-state index is 0.0282. The van der Waals surface area contributed by atoms with Gasteiger partial charge in [0, 0.05) is 67.7 Å². The topological polar surface area (TPSA) is 67.2 Å². The van der Waals surface area contributed by atoms with Crippen LogP contribution in [-0.4, -0.2) is 45.9 Å². The maximum absolute atomic E-state index is 13.5. The Kier molecular flexibility index (Phi) is 9.27. The van der Waals surface area contributed by atoms with Crippen molar-refractivity contribution in [3.05, 3.63) is 113 Å². The van der Waals surface area contributed by atoms with Crippen LogP contribution in [0.15, 0.2) is 85.2 Å². The fourth-order valence-electron chi connectivity index (χ4n) is 4.70. The second kappa shape index (κ2) is 12.7. The molecule has 2 aromatic heterocycles. The molecular weight excluding hydrogens is 574 g/mol. The number of hydrogen-bond donors (Lipinski definition) is 1. The third-order valence-corrected chi connectivity index (χ3v) is 6.94. The van der Waals surface area contributed by atoms with E-state index in [1.807, 2.05) is 48.1 Å². The zero-order chi connectivity index (χ0) is 31.4. The zero-order valence-corrected chi connectivity index (χ0v) is 23.2. The lowest BCUT2D eigenvalue weighted by atomic mass is 10.0. The predicted molar refractivity (Wildman–Crippen MR) is 149 cm³/mol. The standard InChI is InChI=1S/C31H28F6N4O2/c1-40-19-21(26-8-3-4-9-27(26)40)17-25(10-11-28(42)39-14-12-24-7-5-6-13-38-24)41(2)29(43)20-15-22(30(32,33)34)18-23(16-20)31(35,36)37/h3-11,13,15-16,18-19,25H,12,14,17H2,1-2H3,(H,39,42). The predicted octanol–water partition coefficient (Wildman–Crippen LogP) is 6.21. The number of aromatic nitrogens is 2. The van der Waals surface area contributed by atoms with Crippen LogP contribution in [0.2, 0.25) is 0 Å². The third-order valence-electron chi connectivity index (χ3n) is 6.94. The highest BCUT2D eigenvalue weighted by Gasteiger charge is 2.38. The van der Waals surface area contributed by atoms with Crippen molar-refractivity contribution in [1.82, 2.24) is 19.8 Å². The average Bonchev–Trinajstić information content (AvgIpc) is 3.28. The molecule has 0 saturated heterocycles. The number of amides is 2. The first-order valence-electron chi connectivity index (χ1n) is 13.2. The van der Waals surface area contributed by atoms with Gasteiger partial charge in [0.1, 0.15) is 0 Å². The Balaban J connectivity index is 1.63. The summed E-state index contributed by atoms with van der Waals surface area (Å²) in [5.41, 5.74) is -1.54. The summed E-state index contributed by atoms with van der Waals surface area (Å²) in [5, 5.41) is 3.56. The van der Waals surface area contributed by atoms with Gasteiger partial charge in [-0.05, 0) is 48.4 Å². The first-order chi connectivity index (χ1) is 20.2. The van der Waals surface area contributed by atoms with E-state index in [0.29, 0.717) is 18.6 Å². The number of rotatable bonds is 9. The number of fused-ring (bicyclic) bond motifs is 1. The maximum Gasteiger partial charge on any atom is 0.416 e. The lowest BCUT2D eigenvalue weighted by Crippen LogP contribution is -2.38. The third kappa shape index (κ3) is 7.82. The van der Waals surface area contributed by atoms with Crippen LogP contribution < -0.4 is 5.32 Å². The molecule has 226 valence electrons. The molecule has 0 saturated carbocycles. The number of carbonyl (C=O) groups excluding carboxylic acids is 2. The van der Waals surface area contributed by atoms with E-state index in [0.717, 1.165) is 27.1 Å². The number of likely N-dealkylation sites (N-methyl/N-ethyl adjacent to an activating group) is 1. The average molecular weight is 603 g/mol. The van der Waals surface area contributed by atoms with E-state index in [2.05, 4.69) is 10.3 Å². The molecule has 1 unspecified atom stereocenters. The Labute approximate surface area is 243 Å². The van der Waals surface area contributed by atoms with Crippen molar-refractivity contribution in [2.75, 3.05) is 13.6 Å². The van der Waals surface area contributed by atoms with Gasteiger partial charge in [0.15, 0.2) is 0 Å². The van der Waals surface area contributed by atoms with E-state index < -0.39 is 46.9 Å². The number of nitrogens with zero attached hydrogens (tertiary/aromatic N) is 3. The molecule has 4 rings (SSSR count). The van der Waals surface area contributed by atoms with Crippen molar-refractivity contribution in [3.8, 4) is 0 Å². The van der Waals surface area contributed by atoms with Crippen LogP contribution in [0.3, 0.4) is 0 Å². The monoisotopic (exact) mass is 602 g/mol. The van der Waals surface area contributed by atoms with Crippen LogP contribution >= 0.6 is 0 Å². The summed E-state index contributed by atoms with van der Waals surface area (Å²) in [7, 11) is 3.09. The molecule has 1 N–H and O–H groups in total. The van der Waals surface area contributed by atoms with Crippen LogP contribution in [0, 0.1) is 0 Å². The van der Waals surface area contributed by atoms with Gasteiger partial charge in [-0.1, -0.05) is 30.3 Å². The number of benzene rings is 2. The number of para-hydroxylation sites is 1. The van der Waals surface area contributed by atoms with Crippen LogP contribution in [0.4, 0.5) is 26.3 Å². The first kappa shape index (κ1) is 31.3. The fourth-order valence-corrected chi connectivity index (χ4v) is 4.70. The molecule has 0 aliphatic rings. The molecule has 4 aromatic rings. The molecule has 1 atom stereocenters. The van der Waals surface area contributed by atoms with E-state index in [4.69, 9.17) is 0 Å². The van der Waals surface area contributed by atoms with Crippen molar-refractivity contribution in [1.29, 1.82) is 0 Å². The lowest BCUT2D eigenvalue weighted by molar-refractivity contribution is -0.143. The number of alkyl halides is 6. The summed E-state index contributed by atoms with van der Waals surface area (Å²) < 4.78 is 82.6. The molecule has 6 nitrogen and oxygen atoms in total. The van der Waals surface area contributed by atoms with Gasteiger partial charge in [-0.2, -0.15) is 26.3 Å². The fraction of sp³-hybridized carbons (Fsp3) is 0.258. The van der Waals surface area contributed by atoms with E-state index in [1.54, 1.807) is 18.3 Å². The van der Waals surface area contributed by atoms with Gasteiger partial charge < -0.3 is 14.8 Å². The van der Waals surface area contributed by atoms with Gasteiger partial charge in [-0.25, -0.2) is 0 Å². The largest absolute Gasteiger partial charge is 0.416 e. The summed E-state index contributed by atoms with van der Waals surface area (Å²) >= 11 is 0. The Morgan fingerprint density at radius 2 is 1.63 bits per heavy atom. The summed E-state index contributed by atoms with van der Waals surface area (Å²) in [4.78, 5) is 31.2. The Morgan fingerprint density at radius 1 is 0.977 bits per heavy atom. The Hall–Kier alpha value is -4.61. The van der Waals surface area contributed by atoms with Crippen molar-refractivity contribution >= 4 is 22.7 Å². The molecule has 2 heterocycles. The number of pyridine rings is 1. The maximum atomic E-state index is 13.5. The number of halogens is 6. The van der Waals surface area contributed by atoms with Gasteiger partial charge in [-0.3, -0.25) is 14.6 Å². The molecule has 0 radical (unpaired) electrons. The van der Waals surface area contributed by atoms with Gasteiger partial charge in [-0.15, -0.1) is 0 Å². The Bertz CT molecular complexity index is 1590. The van der Waals surface area contributed by atoms with Crippen LogP contribution in [0.5, 0.6) is 0 Å². The summed E-state index contributed by atoms with van der Waals surface area (Å²) in [6, 6.07) is 12.7. The lowest BCUT2D eigenvalue weighted by Gasteiger charge is -2.27. The normalized spacial score (nSPS) is 12.9. The van der Waals surface area contributed by atoms with E-state index in [-0.39, 0.29) is 19.0 Å². The highest BCUT2D eigenvalue weighted by atomic mass is 19.4. The zero-order valence-electron chi connectivity index (χ0n) is 23.2. The highest BCUT2D eigenvalue weighted by Crippen LogP contribution is 2.36. The summed E-state index contributed by atoms with van der Waals surface area (Å²) in [6.45, 7) is 0.271. The Morgan fingerprint density at radius 3 is 2.26 bits per heavy atom. The SMILES string of the molecule is CN(C(=O)c1cc(C(F)(F)F)cc(C(F)(F)F)c1)C(C=CC(=O)NCCc1ccccn1)Cc1cn(C)c2ccccc12. The van der Waals surface area contributed by atoms with Crippen molar-refractivity contribution in [2.45, 2.75) is 31.2 Å². The number of aryl methyl sites for hydroxylation is 1. The molecule has 0 fully saturated rings. The second-order valence-electron chi connectivity index (χ2n) is 9.99. The van der Waals surface area contributed by atoms with E-state index in [1.165, 1.54) is 19.2 Å². The second-order valence-corrected chi connectivity index (χ2v) is 9.99. The van der Waals surface area contributed by atoms with Gasteiger partial charge >= 0.3 is 12.4 Å². The van der Waals surface area contributed by atoms with Crippen molar-refractivity contribution in [2.24, 2.45) is 7.05 Å².